The third kappa shape index (κ3) is 4.04. The number of likely N-dealkylation sites (tertiary alicyclic amines) is 1. The lowest BCUT2D eigenvalue weighted by molar-refractivity contribution is -0.131. The van der Waals surface area contributed by atoms with Crippen LogP contribution in [-0.2, 0) is 16.1 Å². The molecule has 0 saturated carbocycles. The zero-order valence-corrected chi connectivity index (χ0v) is 13.0. The maximum atomic E-state index is 12.9. The van der Waals surface area contributed by atoms with Crippen LogP contribution in [0.5, 0.6) is 0 Å². The highest BCUT2D eigenvalue weighted by atomic mass is 19.1. The van der Waals surface area contributed by atoms with Gasteiger partial charge in [0, 0.05) is 26.7 Å². The van der Waals surface area contributed by atoms with Crippen molar-refractivity contribution in [1.29, 1.82) is 0 Å². The summed E-state index contributed by atoms with van der Waals surface area (Å²) < 4.78 is 12.9. The third-order valence-electron chi connectivity index (χ3n) is 4.17. The van der Waals surface area contributed by atoms with Gasteiger partial charge in [-0.2, -0.15) is 0 Å². The van der Waals surface area contributed by atoms with Crippen LogP contribution in [0, 0.1) is 17.7 Å². The van der Waals surface area contributed by atoms with Crippen LogP contribution in [-0.4, -0.2) is 48.3 Å². The molecule has 1 aromatic carbocycles. The van der Waals surface area contributed by atoms with Crippen LogP contribution in [0.3, 0.4) is 0 Å². The van der Waals surface area contributed by atoms with Crippen LogP contribution in [0.4, 0.5) is 4.39 Å². The van der Waals surface area contributed by atoms with Crippen molar-refractivity contribution < 1.29 is 14.0 Å². The maximum Gasteiger partial charge on any atom is 0.236 e. The minimum absolute atomic E-state index is 0.0263. The maximum absolute atomic E-state index is 12.9. The van der Waals surface area contributed by atoms with Crippen LogP contribution in [0.25, 0.3) is 0 Å². The Morgan fingerprint density at radius 2 is 1.95 bits per heavy atom. The van der Waals surface area contributed by atoms with E-state index in [0.29, 0.717) is 19.6 Å². The first-order valence-corrected chi connectivity index (χ1v) is 7.37. The van der Waals surface area contributed by atoms with Gasteiger partial charge >= 0.3 is 0 Å². The standard InChI is InChI=1S/C16H22FN3O2/c1-11-7-20(9-14(11)16(18)22)10-15(21)19(2)8-12-3-5-13(17)6-4-12/h3-6,11,14H,7-10H2,1-2H3,(H2,18,22)/t11-,14-/m1/s1. The molecule has 1 saturated heterocycles. The van der Waals surface area contributed by atoms with Gasteiger partial charge in [0.1, 0.15) is 5.82 Å². The Labute approximate surface area is 129 Å². The predicted octanol–water partition coefficient (Wildman–Crippen LogP) is 0.837. The molecular weight excluding hydrogens is 285 g/mol. The molecule has 22 heavy (non-hydrogen) atoms. The average molecular weight is 307 g/mol. The van der Waals surface area contributed by atoms with E-state index < -0.39 is 0 Å². The van der Waals surface area contributed by atoms with Gasteiger partial charge in [-0.1, -0.05) is 19.1 Å². The number of amides is 2. The third-order valence-corrected chi connectivity index (χ3v) is 4.17. The number of rotatable bonds is 5. The summed E-state index contributed by atoms with van der Waals surface area (Å²) in [6.45, 7) is 3.91. The van der Waals surface area contributed by atoms with E-state index >= 15 is 0 Å². The number of nitrogens with two attached hydrogens (primary N) is 1. The molecule has 0 aliphatic carbocycles. The number of nitrogens with zero attached hydrogens (tertiary/aromatic N) is 2. The van der Waals surface area contributed by atoms with Gasteiger partial charge in [-0.05, 0) is 23.6 Å². The van der Waals surface area contributed by atoms with E-state index in [9.17, 15) is 14.0 Å². The normalized spacial score (nSPS) is 21.8. The summed E-state index contributed by atoms with van der Waals surface area (Å²) in [6, 6.07) is 6.10. The van der Waals surface area contributed by atoms with Crippen molar-refractivity contribution in [1.82, 2.24) is 9.80 Å². The van der Waals surface area contributed by atoms with Gasteiger partial charge in [0.2, 0.25) is 11.8 Å². The highest BCUT2D eigenvalue weighted by Crippen LogP contribution is 2.22. The molecule has 0 radical (unpaired) electrons. The van der Waals surface area contributed by atoms with E-state index in [1.165, 1.54) is 12.1 Å². The number of benzene rings is 1. The number of likely N-dealkylation sites (N-methyl/N-ethyl adjacent to an activating group) is 1. The fourth-order valence-electron chi connectivity index (χ4n) is 2.83. The molecular formula is C16H22FN3O2. The summed E-state index contributed by atoms with van der Waals surface area (Å²) in [5.74, 6) is -0.632. The minimum Gasteiger partial charge on any atom is -0.369 e. The van der Waals surface area contributed by atoms with Crippen molar-refractivity contribution in [2.75, 3.05) is 26.7 Å². The fourth-order valence-corrected chi connectivity index (χ4v) is 2.83. The van der Waals surface area contributed by atoms with Gasteiger partial charge in [-0.25, -0.2) is 4.39 Å². The van der Waals surface area contributed by atoms with Crippen molar-refractivity contribution >= 4 is 11.8 Å². The summed E-state index contributed by atoms with van der Waals surface area (Å²) in [6.07, 6.45) is 0. The zero-order valence-electron chi connectivity index (χ0n) is 13.0. The second-order valence-electron chi connectivity index (χ2n) is 6.06. The number of primary amides is 1. The molecule has 2 N–H and O–H groups in total. The Hall–Kier alpha value is -1.95. The summed E-state index contributed by atoms with van der Waals surface area (Å²) in [5, 5.41) is 0. The molecule has 1 heterocycles. The lowest BCUT2D eigenvalue weighted by Crippen LogP contribution is -2.37. The summed E-state index contributed by atoms with van der Waals surface area (Å²) >= 11 is 0. The van der Waals surface area contributed by atoms with Gasteiger partial charge in [0.05, 0.1) is 12.5 Å². The van der Waals surface area contributed by atoms with Crippen molar-refractivity contribution in [3.63, 3.8) is 0 Å². The van der Waals surface area contributed by atoms with E-state index in [1.807, 2.05) is 11.8 Å². The lowest BCUT2D eigenvalue weighted by atomic mass is 9.98. The number of carbonyl (C=O) groups excluding carboxylic acids is 2. The van der Waals surface area contributed by atoms with Crippen LogP contribution in [0.2, 0.25) is 0 Å². The second-order valence-corrected chi connectivity index (χ2v) is 6.06. The van der Waals surface area contributed by atoms with E-state index in [4.69, 9.17) is 5.73 Å². The molecule has 120 valence electrons. The Morgan fingerprint density at radius 1 is 1.32 bits per heavy atom. The number of carbonyl (C=O) groups is 2. The Balaban J connectivity index is 1.87. The molecule has 2 atom stereocenters. The molecule has 1 aliphatic rings. The van der Waals surface area contributed by atoms with Crippen LogP contribution in [0.1, 0.15) is 12.5 Å². The monoisotopic (exact) mass is 307 g/mol. The fraction of sp³-hybridized carbons (Fsp3) is 0.500. The van der Waals surface area contributed by atoms with E-state index in [1.54, 1.807) is 24.1 Å². The molecule has 2 amide bonds. The minimum atomic E-state index is -0.304. The summed E-state index contributed by atoms with van der Waals surface area (Å²) in [4.78, 5) is 27.1. The quantitative estimate of drug-likeness (QED) is 0.876. The largest absolute Gasteiger partial charge is 0.369 e. The first-order chi connectivity index (χ1) is 10.4. The van der Waals surface area contributed by atoms with Crippen molar-refractivity contribution in [2.45, 2.75) is 13.5 Å². The molecule has 0 aromatic heterocycles. The van der Waals surface area contributed by atoms with Gasteiger partial charge in [-0.3, -0.25) is 14.5 Å². The molecule has 0 spiro atoms. The van der Waals surface area contributed by atoms with E-state index in [0.717, 1.165) is 5.56 Å². The van der Waals surface area contributed by atoms with Crippen LogP contribution < -0.4 is 5.73 Å². The number of hydrogen-bond donors (Lipinski definition) is 1. The lowest BCUT2D eigenvalue weighted by Gasteiger charge is -2.21. The number of hydrogen-bond acceptors (Lipinski definition) is 3. The zero-order chi connectivity index (χ0) is 16.3. The van der Waals surface area contributed by atoms with Crippen molar-refractivity contribution in [2.24, 2.45) is 17.6 Å². The highest BCUT2D eigenvalue weighted by molar-refractivity contribution is 5.79. The molecule has 5 nitrogen and oxygen atoms in total. The van der Waals surface area contributed by atoms with Gasteiger partial charge in [0.15, 0.2) is 0 Å². The van der Waals surface area contributed by atoms with Gasteiger partial charge in [0.25, 0.3) is 0 Å². The first-order valence-electron chi connectivity index (χ1n) is 7.37. The molecule has 1 aromatic rings. The molecule has 0 unspecified atom stereocenters. The topological polar surface area (TPSA) is 66.6 Å². The van der Waals surface area contributed by atoms with Crippen LogP contribution in [0.15, 0.2) is 24.3 Å². The van der Waals surface area contributed by atoms with Gasteiger partial charge in [-0.15, -0.1) is 0 Å². The predicted molar refractivity (Wildman–Crippen MR) is 81.2 cm³/mol. The molecule has 2 rings (SSSR count). The molecule has 1 fully saturated rings. The second kappa shape index (κ2) is 6.87. The summed E-state index contributed by atoms with van der Waals surface area (Å²) in [7, 11) is 1.72. The van der Waals surface area contributed by atoms with E-state index in [-0.39, 0.29) is 36.0 Å². The van der Waals surface area contributed by atoms with Crippen LogP contribution >= 0.6 is 0 Å². The smallest absolute Gasteiger partial charge is 0.236 e. The highest BCUT2D eigenvalue weighted by Gasteiger charge is 2.34. The molecule has 0 bridgehead atoms. The Morgan fingerprint density at radius 3 is 2.50 bits per heavy atom. The van der Waals surface area contributed by atoms with E-state index in [2.05, 4.69) is 0 Å². The van der Waals surface area contributed by atoms with Crippen molar-refractivity contribution in [3.05, 3.63) is 35.6 Å². The summed E-state index contributed by atoms with van der Waals surface area (Å²) in [5.41, 5.74) is 6.24. The number of halogens is 1. The Kier molecular flexibility index (Phi) is 5.13. The van der Waals surface area contributed by atoms with Crippen molar-refractivity contribution in [3.8, 4) is 0 Å². The van der Waals surface area contributed by atoms with Gasteiger partial charge < -0.3 is 10.6 Å². The molecule has 6 heteroatoms. The average Bonchev–Trinajstić information content (AvgIpc) is 2.82. The Bertz CT molecular complexity index is 547. The first kappa shape index (κ1) is 16.4. The molecule has 1 aliphatic heterocycles. The SMILES string of the molecule is C[C@@H]1CN(CC(=O)N(C)Cc2ccc(F)cc2)C[C@H]1C(N)=O.